The number of hydrogen-bond donors (Lipinski definition) is 2. The Morgan fingerprint density at radius 2 is 1.95 bits per heavy atom. The van der Waals surface area contributed by atoms with E-state index in [0.29, 0.717) is 11.1 Å². The normalized spacial score (nSPS) is 13.7. The number of ketones is 1. The molecular weight excluding hydrogens is 248 g/mol. The molecule has 0 saturated heterocycles. The average molecular weight is 266 g/mol. The first-order valence-electron chi connectivity index (χ1n) is 5.91. The Kier molecular flexibility index (Phi) is 5.20. The van der Waals surface area contributed by atoms with E-state index < -0.39 is 18.2 Å². The van der Waals surface area contributed by atoms with Gasteiger partial charge in [-0.25, -0.2) is 0 Å². The van der Waals surface area contributed by atoms with Crippen molar-refractivity contribution in [3.05, 3.63) is 34.9 Å². The van der Waals surface area contributed by atoms with Crippen molar-refractivity contribution in [3.8, 4) is 0 Å². The highest BCUT2D eigenvalue weighted by molar-refractivity contribution is 5.94. The van der Waals surface area contributed by atoms with E-state index >= 15 is 0 Å². The summed E-state index contributed by atoms with van der Waals surface area (Å²) in [4.78, 5) is 22.4. The molecule has 0 spiro atoms. The van der Waals surface area contributed by atoms with Crippen LogP contribution in [0.3, 0.4) is 0 Å². The first-order valence-corrected chi connectivity index (χ1v) is 5.91. The molecule has 2 N–H and O–H groups in total. The minimum Gasteiger partial charge on any atom is -0.469 e. The number of carbonyl (C=O) groups excluding carboxylic acids is 2. The van der Waals surface area contributed by atoms with Crippen LogP contribution in [-0.2, 0) is 9.53 Å². The summed E-state index contributed by atoms with van der Waals surface area (Å²) in [6, 6.07) is 4.88. The molecule has 1 aromatic carbocycles. The highest BCUT2D eigenvalue weighted by Crippen LogP contribution is 2.24. The number of esters is 1. The van der Waals surface area contributed by atoms with Crippen LogP contribution in [0.5, 0.6) is 0 Å². The number of aliphatic hydroxyl groups excluding tert-OH is 2. The summed E-state index contributed by atoms with van der Waals surface area (Å²) in [7, 11) is 1.21. The lowest BCUT2D eigenvalue weighted by molar-refractivity contribution is -0.144. The maximum absolute atomic E-state index is 11.3. The highest BCUT2D eigenvalue weighted by Gasteiger charge is 2.23. The van der Waals surface area contributed by atoms with Crippen LogP contribution < -0.4 is 0 Å². The molecule has 0 aromatic heterocycles. The zero-order valence-corrected chi connectivity index (χ0v) is 11.2. The first-order chi connectivity index (χ1) is 8.86. The lowest BCUT2D eigenvalue weighted by Crippen LogP contribution is -2.23. The molecule has 0 aliphatic heterocycles. The molecule has 5 nitrogen and oxygen atoms in total. The standard InChI is InChI=1S/C14H18O5/c1-8-4-5-10(9(2)15)6-11(8)14(18)12(16)7-13(17)19-3/h4-6,12,14,16,18H,7H2,1-3H3. The van der Waals surface area contributed by atoms with E-state index in [9.17, 15) is 19.8 Å². The van der Waals surface area contributed by atoms with E-state index in [4.69, 9.17) is 0 Å². The number of methoxy groups -OCH3 is 1. The van der Waals surface area contributed by atoms with Gasteiger partial charge in [-0.05, 0) is 31.0 Å². The van der Waals surface area contributed by atoms with Crippen molar-refractivity contribution < 1.29 is 24.5 Å². The molecule has 0 heterocycles. The average Bonchev–Trinajstić information content (AvgIpc) is 2.37. The summed E-state index contributed by atoms with van der Waals surface area (Å²) in [6.45, 7) is 3.18. The molecule has 0 fully saturated rings. The maximum atomic E-state index is 11.3. The summed E-state index contributed by atoms with van der Waals surface area (Å²) in [5, 5.41) is 19.8. The van der Waals surface area contributed by atoms with E-state index in [0.717, 1.165) is 5.56 Å². The molecule has 0 aliphatic carbocycles. The Bertz CT molecular complexity index is 481. The van der Waals surface area contributed by atoms with Crippen LogP contribution in [0, 0.1) is 6.92 Å². The van der Waals surface area contributed by atoms with Gasteiger partial charge >= 0.3 is 5.97 Å². The fraction of sp³-hybridized carbons (Fsp3) is 0.429. The number of ether oxygens (including phenoxy) is 1. The number of aryl methyl sites for hydroxylation is 1. The fourth-order valence-corrected chi connectivity index (χ4v) is 1.75. The van der Waals surface area contributed by atoms with Crippen molar-refractivity contribution in [2.24, 2.45) is 0 Å². The predicted molar refractivity (Wildman–Crippen MR) is 68.8 cm³/mol. The molecule has 1 rings (SSSR count). The molecule has 0 bridgehead atoms. The molecule has 0 amide bonds. The molecule has 0 radical (unpaired) electrons. The van der Waals surface area contributed by atoms with Crippen molar-refractivity contribution >= 4 is 11.8 Å². The Labute approximate surface area is 111 Å². The molecule has 2 atom stereocenters. The third-order valence-electron chi connectivity index (χ3n) is 2.97. The van der Waals surface area contributed by atoms with Crippen LogP contribution in [0.4, 0.5) is 0 Å². The van der Waals surface area contributed by atoms with E-state index in [2.05, 4.69) is 4.74 Å². The van der Waals surface area contributed by atoms with Crippen LogP contribution >= 0.6 is 0 Å². The van der Waals surface area contributed by atoms with Gasteiger partial charge in [-0.1, -0.05) is 12.1 Å². The van der Waals surface area contributed by atoms with Crippen LogP contribution in [0.25, 0.3) is 0 Å². The van der Waals surface area contributed by atoms with E-state index in [-0.39, 0.29) is 12.2 Å². The number of rotatable bonds is 5. The van der Waals surface area contributed by atoms with Gasteiger partial charge in [0.2, 0.25) is 0 Å². The third kappa shape index (κ3) is 3.87. The quantitative estimate of drug-likeness (QED) is 0.617. The Morgan fingerprint density at radius 3 is 2.47 bits per heavy atom. The summed E-state index contributed by atoms with van der Waals surface area (Å²) in [5.41, 5.74) is 1.62. The monoisotopic (exact) mass is 266 g/mol. The highest BCUT2D eigenvalue weighted by atomic mass is 16.5. The molecule has 0 aliphatic rings. The van der Waals surface area contributed by atoms with Gasteiger partial charge in [0, 0.05) is 5.56 Å². The summed E-state index contributed by atoms with van der Waals surface area (Å²) in [6.07, 6.45) is -2.81. The number of Topliss-reactive ketones (excluding diaryl/α,β-unsaturated/α-hetero) is 1. The van der Waals surface area contributed by atoms with Crippen molar-refractivity contribution in [1.82, 2.24) is 0 Å². The number of hydrogen-bond acceptors (Lipinski definition) is 5. The summed E-state index contributed by atoms with van der Waals surface area (Å²) < 4.78 is 4.43. The molecule has 2 unspecified atom stereocenters. The van der Waals surface area contributed by atoms with E-state index in [1.54, 1.807) is 19.1 Å². The van der Waals surface area contributed by atoms with Gasteiger partial charge in [0.05, 0.1) is 19.6 Å². The van der Waals surface area contributed by atoms with Gasteiger partial charge in [0.25, 0.3) is 0 Å². The summed E-state index contributed by atoms with van der Waals surface area (Å²) >= 11 is 0. The minimum atomic E-state index is -1.27. The SMILES string of the molecule is COC(=O)CC(O)C(O)c1cc(C(C)=O)ccc1C. The lowest BCUT2D eigenvalue weighted by atomic mass is 9.95. The lowest BCUT2D eigenvalue weighted by Gasteiger charge is -2.19. The number of benzene rings is 1. The smallest absolute Gasteiger partial charge is 0.308 e. The van der Waals surface area contributed by atoms with Gasteiger partial charge in [0.1, 0.15) is 6.10 Å². The van der Waals surface area contributed by atoms with Crippen LogP contribution in [0.15, 0.2) is 18.2 Å². The van der Waals surface area contributed by atoms with E-state index in [1.165, 1.54) is 20.1 Å². The second-order valence-corrected chi connectivity index (χ2v) is 4.42. The zero-order valence-electron chi connectivity index (χ0n) is 11.2. The first kappa shape index (κ1) is 15.3. The predicted octanol–water partition coefficient (Wildman–Crippen LogP) is 1.16. The van der Waals surface area contributed by atoms with Crippen LogP contribution in [-0.4, -0.2) is 35.2 Å². The number of carbonyl (C=O) groups is 2. The second kappa shape index (κ2) is 6.45. The zero-order chi connectivity index (χ0) is 14.6. The largest absolute Gasteiger partial charge is 0.469 e. The van der Waals surface area contributed by atoms with Crippen LogP contribution in [0.1, 0.15) is 40.9 Å². The molecule has 19 heavy (non-hydrogen) atoms. The van der Waals surface area contributed by atoms with Crippen LogP contribution in [0.2, 0.25) is 0 Å². The van der Waals surface area contributed by atoms with Crippen molar-refractivity contribution in [2.45, 2.75) is 32.5 Å². The van der Waals surface area contributed by atoms with Crippen molar-refractivity contribution in [1.29, 1.82) is 0 Å². The van der Waals surface area contributed by atoms with Gasteiger partial charge in [0.15, 0.2) is 5.78 Å². The Morgan fingerprint density at radius 1 is 1.32 bits per heavy atom. The summed E-state index contributed by atoms with van der Waals surface area (Å²) in [5.74, 6) is -0.733. The van der Waals surface area contributed by atoms with Gasteiger partial charge in [-0.15, -0.1) is 0 Å². The fourth-order valence-electron chi connectivity index (χ4n) is 1.75. The third-order valence-corrected chi connectivity index (χ3v) is 2.97. The van der Waals surface area contributed by atoms with Crippen molar-refractivity contribution in [2.75, 3.05) is 7.11 Å². The minimum absolute atomic E-state index is 0.129. The maximum Gasteiger partial charge on any atom is 0.308 e. The van der Waals surface area contributed by atoms with E-state index in [1.807, 2.05) is 0 Å². The van der Waals surface area contributed by atoms with Crippen molar-refractivity contribution in [3.63, 3.8) is 0 Å². The number of aliphatic hydroxyl groups is 2. The van der Waals surface area contributed by atoms with Gasteiger partial charge in [-0.3, -0.25) is 9.59 Å². The molecule has 5 heteroatoms. The Hall–Kier alpha value is -1.72. The molecular formula is C14H18O5. The topological polar surface area (TPSA) is 83.8 Å². The second-order valence-electron chi connectivity index (χ2n) is 4.42. The van der Waals surface area contributed by atoms with Gasteiger partial charge in [-0.2, -0.15) is 0 Å². The molecule has 1 aromatic rings. The van der Waals surface area contributed by atoms with Gasteiger partial charge < -0.3 is 14.9 Å². The molecule has 0 saturated carbocycles. The Balaban J connectivity index is 2.97. The molecule has 104 valence electrons.